The number of ether oxygens (including phenoxy) is 1. The van der Waals surface area contributed by atoms with E-state index in [1.165, 1.54) is 0 Å². The molecule has 168 valence electrons. The fourth-order valence-corrected chi connectivity index (χ4v) is 4.04. The maximum Gasteiger partial charge on any atom is 0.246 e. The summed E-state index contributed by atoms with van der Waals surface area (Å²) in [6.07, 6.45) is 6.96. The molecular weight excluding hydrogens is 404 g/mol. The van der Waals surface area contributed by atoms with Crippen molar-refractivity contribution in [3.8, 4) is 22.6 Å². The number of aromatic hydroxyl groups is 1. The summed E-state index contributed by atoms with van der Waals surface area (Å²) in [7, 11) is 5.80. The van der Waals surface area contributed by atoms with Crippen molar-refractivity contribution in [3.05, 3.63) is 54.2 Å². The molecule has 1 aliphatic carbocycles. The van der Waals surface area contributed by atoms with E-state index in [1.54, 1.807) is 29.3 Å². The van der Waals surface area contributed by atoms with Gasteiger partial charge in [-0.05, 0) is 62.0 Å². The van der Waals surface area contributed by atoms with Crippen LogP contribution in [0.1, 0.15) is 18.4 Å². The zero-order valence-electron chi connectivity index (χ0n) is 19.0. The lowest BCUT2D eigenvalue weighted by Gasteiger charge is -2.40. The molecule has 0 atom stereocenters. The topological polar surface area (TPSA) is 81.7 Å². The molecule has 0 saturated heterocycles. The predicted octanol–water partition coefficient (Wildman–Crippen LogP) is 3.73. The molecule has 2 aromatic carbocycles. The van der Waals surface area contributed by atoms with Gasteiger partial charge in [0.05, 0.1) is 17.1 Å². The zero-order valence-corrected chi connectivity index (χ0v) is 19.0. The molecule has 1 heterocycles. The number of carbonyl (C=O) groups excluding carboxylic acids is 1. The van der Waals surface area contributed by atoms with Crippen molar-refractivity contribution in [2.24, 2.45) is 0 Å². The molecule has 0 bridgehead atoms. The molecule has 1 amide bonds. The van der Waals surface area contributed by atoms with Crippen molar-refractivity contribution in [3.63, 3.8) is 0 Å². The summed E-state index contributed by atoms with van der Waals surface area (Å²) in [5.74, 6) is 1.06. The van der Waals surface area contributed by atoms with Crippen LogP contribution in [0.15, 0.2) is 48.7 Å². The van der Waals surface area contributed by atoms with E-state index in [9.17, 15) is 9.90 Å². The number of hydrogen-bond acceptors (Lipinski definition) is 5. The molecule has 0 radical (unpaired) electrons. The van der Waals surface area contributed by atoms with Gasteiger partial charge in [0.15, 0.2) is 0 Å². The predicted molar refractivity (Wildman–Crippen MR) is 126 cm³/mol. The number of H-pyrrole nitrogens is 1. The Balaban J connectivity index is 1.46. The number of phenols is 1. The number of amides is 1. The van der Waals surface area contributed by atoms with Gasteiger partial charge in [0.25, 0.3) is 0 Å². The van der Waals surface area contributed by atoms with Crippen molar-refractivity contribution in [1.82, 2.24) is 20.0 Å². The van der Waals surface area contributed by atoms with Crippen LogP contribution in [0.4, 0.5) is 0 Å². The third-order valence-corrected chi connectivity index (χ3v) is 6.03. The lowest BCUT2D eigenvalue weighted by Crippen LogP contribution is -2.49. The molecule has 1 fully saturated rings. The number of likely N-dealkylation sites (N-methyl/N-ethyl adjacent to an activating group) is 2. The molecule has 7 heteroatoms. The van der Waals surface area contributed by atoms with Crippen molar-refractivity contribution < 1.29 is 14.6 Å². The Hall–Kier alpha value is -3.32. The second-order valence-corrected chi connectivity index (χ2v) is 8.78. The standard InChI is InChI=1S/C25H30N4O3/c1-16-10-19(30)7-8-21(16)17-11-23-22(15-26-27-23)24(12-17)32-20-13-18(14-20)29(4)25(31)6-5-9-28(2)3/h5-8,10-12,15,18,20,30H,9,13-14H2,1-4H3,(H,26,27)/b6-5+. The van der Waals surface area contributed by atoms with Crippen LogP contribution in [0.5, 0.6) is 11.5 Å². The van der Waals surface area contributed by atoms with E-state index >= 15 is 0 Å². The van der Waals surface area contributed by atoms with Crippen LogP contribution < -0.4 is 4.74 Å². The zero-order chi connectivity index (χ0) is 22.8. The number of aromatic nitrogens is 2. The molecule has 1 aromatic heterocycles. The highest BCUT2D eigenvalue weighted by atomic mass is 16.5. The Morgan fingerprint density at radius 1 is 1.25 bits per heavy atom. The minimum absolute atomic E-state index is 0.0253. The number of hydrogen-bond donors (Lipinski definition) is 2. The number of benzene rings is 2. The van der Waals surface area contributed by atoms with E-state index in [0.717, 1.165) is 52.7 Å². The lowest BCUT2D eigenvalue weighted by molar-refractivity contribution is -0.130. The molecule has 3 aromatic rings. The number of nitrogens with zero attached hydrogens (tertiary/aromatic N) is 3. The van der Waals surface area contributed by atoms with Crippen LogP contribution in [0.3, 0.4) is 0 Å². The van der Waals surface area contributed by atoms with Crippen LogP contribution in [0.2, 0.25) is 0 Å². The fourth-order valence-electron chi connectivity index (χ4n) is 4.04. The molecule has 0 unspecified atom stereocenters. The highest BCUT2D eigenvalue weighted by Gasteiger charge is 2.35. The number of aryl methyl sites for hydroxylation is 1. The molecule has 32 heavy (non-hydrogen) atoms. The van der Waals surface area contributed by atoms with E-state index in [2.05, 4.69) is 10.2 Å². The van der Waals surface area contributed by atoms with E-state index in [1.807, 2.05) is 57.2 Å². The SMILES string of the molecule is Cc1cc(O)ccc1-c1cc(OC2CC(N(C)C(=O)/C=C/CN(C)C)C2)c2cn[nH]c2c1. The second kappa shape index (κ2) is 9.04. The average Bonchev–Trinajstić information content (AvgIpc) is 3.18. The van der Waals surface area contributed by atoms with Crippen LogP contribution in [0, 0.1) is 6.92 Å². The Morgan fingerprint density at radius 3 is 2.75 bits per heavy atom. The molecule has 7 nitrogen and oxygen atoms in total. The Kier molecular flexibility index (Phi) is 6.19. The minimum Gasteiger partial charge on any atom is -0.508 e. The Labute approximate surface area is 188 Å². The number of fused-ring (bicyclic) bond motifs is 1. The van der Waals surface area contributed by atoms with Gasteiger partial charge < -0.3 is 19.6 Å². The first kappa shape index (κ1) is 21.9. The number of nitrogens with one attached hydrogen (secondary N) is 1. The van der Waals surface area contributed by atoms with Crippen LogP contribution in [0.25, 0.3) is 22.0 Å². The lowest BCUT2D eigenvalue weighted by atomic mass is 9.88. The Bertz CT molecular complexity index is 1150. The van der Waals surface area contributed by atoms with Gasteiger partial charge in [-0.1, -0.05) is 12.1 Å². The van der Waals surface area contributed by atoms with Crippen molar-refractivity contribution in [1.29, 1.82) is 0 Å². The van der Waals surface area contributed by atoms with Gasteiger partial charge in [-0.25, -0.2) is 0 Å². The summed E-state index contributed by atoms with van der Waals surface area (Å²) >= 11 is 0. The number of phenolic OH excluding ortho intramolecular Hbond substituents is 1. The highest BCUT2D eigenvalue weighted by Crippen LogP contribution is 2.37. The summed E-state index contributed by atoms with van der Waals surface area (Å²) in [5, 5.41) is 17.9. The first-order valence-electron chi connectivity index (χ1n) is 10.8. The summed E-state index contributed by atoms with van der Waals surface area (Å²) in [4.78, 5) is 16.2. The molecule has 0 aliphatic heterocycles. The first-order valence-corrected chi connectivity index (χ1v) is 10.8. The monoisotopic (exact) mass is 434 g/mol. The molecule has 2 N–H and O–H groups in total. The molecule has 4 rings (SSSR count). The van der Waals surface area contributed by atoms with Gasteiger partial charge >= 0.3 is 0 Å². The van der Waals surface area contributed by atoms with Crippen molar-refractivity contribution in [2.75, 3.05) is 27.7 Å². The summed E-state index contributed by atoms with van der Waals surface area (Å²) in [6, 6.07) is 9.61. The van der Waals surface area contributed by atoms with E-state index in [0.29, 0.717) is 0 Å². The largest absolute Gasteiger partial charge is 0.508 e. The maximum atomic E-state index is 12.4. The number of carbonyl (C=O) groups is 1. The summed E-state index contributed by atoms with van der Waals surface area (Å²) in [6.45, 7) is 2.72. The second-order valence-electron chi connectivity index (χ2n) is 8.78. The first-order chi connectivity index (χ1) is 15.3. The van der Waals surface area contributed by atoms with Gasteiger partial charge in [0, 0.05) is 38.6 Å². The van der Waals surface area contributed by atoms with Gasteiger partial charge in [0.2, 0.25) is 5.91 Å². The molecular formula is C25H30N4O3. The van der Waals surface area contributed by atoms with Crippen LogP contribution >= 0.6 is 0 Å². The molecule has 0 spiro atoms. The average molecular weight is 435 g/mol. The maximum absolute atomic E-state index is 12.4. The third kappa shape index (κ3) is 4.62. The molecule has 1 aliphatic rings. The highest BCUT2D eigenvalue weighted by molar-refractivity contribution is 5.90. The number of aromatic amines is 1. The van der Waals surface area contributed by atoms with Gasteiger partial charge in [-0.15, -0.1) is 0 Å². The minimum atomic E-state index is 0.0253. The van der Waals surface area contributed by atoms with Crippen molar-refractivity contribution in [2.45, 2.75) is 31.9 Å². The summed E-state index contributed by atoms with van der Waals surface area (Å²) < 4.78 is 6.35. The van der Waals surface area contributed by atoms with Crippen LogP contribution in [-0.4, -0.2) is 70.8 Å². The van der Waals surface area contributed by atoms with Crippen LogP contribution in [-0.2, 0) is 4.79 Å². The molecule has 1 saturated carbocycles. The smallest absolute Gasteiger partial charge is 0.246 e. The summed E-state index contributed by atoms with van der Waals surface area (Å²) in [5.41, 5.74) is 3.93. The van der Waals surface area contributed by atoms with Crippen molar-refractivity contribution >= 4 is 16.8 Å². The number of rotatable bonds is 7. The van der Waals surface area contributed by atoms with E-state index in [4.69, 9.17) is 4.74 Å². The Morgan fingerprint density at radius 2 is 2.03 bits per heavy atom. The van der Waals surface area contributed by atoms with E-state index < -0.39 is 0 Å². The van der Waals surface area contributed by atoms with Gasteiger partial charge in [-0.3, -0.25) is 9.89 Å². The quantitative estimate of drug-likeness (QED) is 0.554. The van der Waals surface area contributed by atoms with E-state index in [-0.39, 0.29) is 23.8 Å². The normalized spacial score (nSPS) is 18.3. The fraction of sp³-hybridized carbons (Fsp3) is 0.360. The van der Waals surface area contributed by atoms with Gasteiger partial charge in [0.1, 0.15) is 17.6 Å². The van der Waals surface area contributed by atoms with Gasteiger partial charge in [-0.2, -0.15) is 5.10 Å². The third-order valence-electron chi connectivity index (χ3n) is 6.03.